The maximum Gasteiger partial charge on any atom is 0.201 e. The molecule has 0 atom stereocenters. The van der Waals surface area contributed by atoms with Gasteiger partial charge in [0.25, 0.3) is 0 Å². The number of carbonyl (C=O) groups excluding carboxylic acids is 1. The number of rotatable bonds is 3. The summed E-state index contributed by atoms with van der Waals surface area (Å²) >= 11 is 5.31. The summed E-state index contributed by atoms with van der Waals surface area (Å²) in [4.78, 5) is 11.1. The van der Waals surface area contributed by atoms with Crippen LogP contribution in [0.25, 0.3) is 0 Å². The van der Waals surface area contributed by atoms with E-state index in [4.69, 9.17) is 16.3 Å². The number of aromatic hydroxyl groups is 2. The van der Waals surface area contributed by atoms with E-state index in [1.54, 1.807) is 0 Å². The predicted molar refractivity (Wildman–Crippen MR) is 51.4 cm³/mol. The first-order valence-corrected chi connectivity index (χ1v) is 4.33. The van der Waals surface area contributed by atoms with Crippen molar-refractivity contribution in [1.29, 1.82) is 0 Å². The normalized spacial score (nSPS) is 9.86. The van der Waals surface area contributed by atoms with Crippen molar-refractivity contribution in [1.82, 2.24) is 0 Å². The molecule has 0 aliphatic heterocycles. The molecule has 0 fully saturated rings. The Balaban J connectivity index is 3.24. The van der Waals surface area contributed by atoms with Gasteiger partial charge in [-0.15, -0.1) is 11.6 Å². The molecular formula is C9H9ClO4. The van der Waals surface area contributed by atoms with E-state index in [-0.39, 0.29) is 17.2 Å². The zero-order valence-corrected chi connectivity index (χ0v) is 8.21. The average molecular weight is 217 g/mol. The SMILES string of the molecule is COc1ccc(C(=O)CCl)c(O)c1O. The molecule has 14 heavy (non-hydrogen) atoms. The Bertz CT molecular complexity index is 362. The van der Waals surface area contributed by atoms with Crippen LogP contribution in [-0.4, -0.2) is 29.0 Å². The van der Waals surface area contributed by atoms with Gasteiger partial charge in [-0.2, -0.15) is 0 Å². The van der Waals surface area contributed by atoms with E-state index in [0.29, 0.717) is 0 Å². The number of phenolic OH excluding ortho intramolecular Hbond substituents is 2. The molecule has 0 aliphatic rings. The quantitative estimate of drug-likeness (QED) is 0.457. The Labute approximate surface area is 85.7 Å². The van der Waals surface area contributed by atoms with E-state index in [1.807, 2.05) is 0 Å². The van der Waals surface area contributed by atoms with Crippen molar-refractivity contribution in [2.45, 2.75) is 0 Å². The third kappa shape index (κ3) is 1.75. The largest absolute Gasteiger partial charge is 0.504 e. The van der Waals surface area contributed by atoms with Gasteiger partial charge in [-0.05, 0) is 12.1 Å². The van der Waals surface area contributed by atoms with Crippen molar-refractivity contribution < 1.29 is 19.7 Å². The summed E-state index contributed by atoms with van der Waals surface area (Å²) in [5.41, 5.74) is -0.0155. The molecule has 0 saturated carbocycles. The number of methoxy groups -OCH3 is 1. The molecule has 1 rings (SSSR count). The summed E-state index contributed by atoms with van der Waals surface area (Å²) in [6, 6.07) is 2.73. The molecule has 76 valence electrons. The lowest BCUT2D eigenvalue weighted by Crippen LogP contribution is -2.01. The lowest BCUT2D eigenvalue weighted by atomic mass is 10.1. The Kier molecular flexibility index (Phi) is 3.19. The Morgan fingerprint density at radius 1 is 1.43 bits per heavy atom. The molecule has 1 aromatic rings. The highest BCUT2D eigenvalue weighted by atomic mass is 35.5. The Morgan fingerprint density at radius 2 is 2.07 bits per heavy atom. The van der Waals surface area contributed by atoms with E-state index in [9.17, 15) is 15.0 Å². The molecule has 0 amide bonds. The third-order valence-corrected chi connectivity index (χ3v) is 2.00. The standard InChI is InChI=1S/C9H9ClO4/c1-14-7-3-2-5(6(11)4-10)8(12)9(7)13/h2-3,12-13H,4H2,1H3. The molecule has 2 N–H and O–H groups in total. The second-order valence-electron chi connectivity index (χ2n) is 2.57. The molecule has 0 unspecified atom stereocenters. The van der Waals surface area contributed by atoms with Crippen molar-refractivity contribution in [2.24, 2.45) is 0 Å². The van der Waals surface area contributed by atoms with Crippen LogP contribution in [0.15, 0.2) is 12.1 Å². The second kappa shape index (κ2) is 4.19. The van der Waals surface area contributed by atoms with Crippen LogP contribution in [0.4, 0.5) is 0 Å². The number of ether oxygens (including phenoxy) is 1. The van der Waals surface area contributed by atoms with Gasteiger partial charge in [0, 0.05) is 0 Å². The maximum atomic E-state index is 11.1. The lowest BCUT2D eigenvalue weighted by molar-refractivity contribution is 0.101. The fourth-order valence-corrected chi connectivity index (χ4v) is 1.17. The summed E-state index contributed by atoms with van der Waals surface area (Å²) in [6.45, 7) is 0. The second-order valence-corrected chi connectivity index (χ2v) is 2.84. The van der Waals surface area contributed by atoms with Crippen LogP contribution >= 0.6 is 11.6 Å². The van der Waals surface area contributed by atoms with E-state index in [1.165, 1.54) is 19.2 Å². The van der Waals surface area contributed by atoms with Crippen LogP contribution in [-0.2, 0) is 0 Å². The minimum Gasteiger partial charge on any atom is -0.504 e. The number of halogens is 1. The summed E-state index contributed by atoms with van der Waals surface area (Å²) in [5.74, 6) is -1.56. The third-order valence-electron chi connectivity index (χ3n) is 1.76. The summed E-state index contributed by atoms with van der Waals surface area (Å²) in [6.07, 6.45) is 0. The van der Waals surface area contributed by atoms with Gasteiger partial charge < -0.3 is 14.9 Å². The van der Waals surface area contributed by atoms with E-state index in [0.717, 1.165) is 0 Å². The van der Waals surface area contributed by atoms with Gasteiger partial charge in [-0.1, -0.05) is 0 Å². The van der Waals surface area contributed by atoms with Crippen molar-refractivity contribution in [3.8, 4) is 17.2 Å². The van der Waals surface area contributed by atoms with Gasteiger partial charge in [0.2, 0.25) is 5.75 Å². The van der Waals surface area contributed by atoms with Crippen molar-refractivity contribution >= 4 is 17.4 Å². The molecular weight excluding hydrogens is 208 g/mol. The molecule has 0 saturated heterocycles. The van der Waals surface area contributed by atoms with Crippen LogP contribution in [0.5, 0.6) is 17.2 Å². The van der Waals surface area contributed by atoms with Crippen molar-refractivity contribution in [2.75, 3.05) is 13.0 Å². The number of hydrogen-bond acceptors (Lipinski definition) is 4. The van der Waals surface area contributed by atoms with Crippen LogP contribution in [0.1, 0.15) is 10.4 Å². The minimum atomic E-state index is -0.505. The first kappa shape index (κ1) is 10.7. The molecule has 4 nitrogen and oxygen atoms in total. The summed E-state index contributed by atoms with van der Waals surface area (Å²) in [7, 11) is 1.34. The topological polar surface area (TPSA) is 66.8 Å². The molecule has 5 heteroatoms. The molecule has 0 aromatic heterocycles. The van der Waals surface area contributed by atoms with Crippen molar-refractivity contribution in [3.05, 3.63) is 17.7 Å². The molecule has 0 aliphatic carbocycles. The predicted octanol–water partition coefficient (Wildman–Crippen LogP) is 1.53. The van der Waals surface area contributed by atoms with Gasteiger partial charge in [0.1, 0.15) is 0 Å². The fraction of sp³-hybridized carbons (Fsp3) is 0.222. The summed E-state index contributed by atoms with van der Waals surface area (Å²) in [5, 5.41) is 18.8. The van der Waals surface area contributed by atoms with Gasteiger partial charge in [-0.3, -0.25) is 4.79 Å². The van der Waals surface area contributed by atoms with Gasteiger partial charge in [-0.25, -0.2) is 0 Å². The number of phenols is 2. The first-order valence-electron chi connectivity index (χ1n) is 3.80. The van der Waals surface area contributed by atoms with Crippen LogP contribution in [0.3, 0.4) is 0 Å². The number of benzene rings is 1. The monoisotopic (exact) mass is 216 g/mol. The minimum absolute atomic E-state index is 0.0155. The molecule has 0 heterocycles. The first-order chi connectivity index (χ1) is 6.61. The number of alkyl halides is 1. The van der Waals surface area contributed by atoms with Crippen LogP contribution in [0, 0.1) is 0 Å². The number of carbonyl (C=O) groups is 1. The highest BCUT2D eigenvalue weighted by molar-refractivity contribution is 6.30. The molecule has 0 bridgehead atoms. The smallest absolute Gasteiger partial charge is 0.201 e. The highest BCUT2D eigenvalue weighted by Gasteiger charge is 2.16. The lowest BCUT2D eigenvalue weighted by Gasteiger charge is -2.07. The highest BCUT2D eigenvalue weighted by Crippen LogP contribution is 2.37. The zero-order chi connectivity index (χ0) is 10.7. The Hall–Kier alpha value is -1.42. The average Bonchev–Trinajstić information content (AvgIpc) is 2.21. The number of hydrogen-bond donors (Lipinski definition) is 2. The molecule has 0 spiro atoms. The molecule has 0 radical (unpaired) electrons. The van der Waals surface area contributed by atoms with E-state index < -0.39 is 17.3 Å². The molecule has 1 aromatic carbocycles. The Morgan fingerprint density at radius 3 is 2.57 bits per heavy atom. The van der Waals surface area contributed by atoms with E-state index >= 15 is 0 Å². The summed E-state index contributed by atoms with van der Waals surface area (Å²) < 4.78 is 4.74. The number of ketones is 1. The maximum absolute atomic E-state index is 11.1. The zero-order valence-electron chi connectivity index (χ0n) is 7.45. The van der Waals surface area contributed by atoms with Crippen LogP contribution < -0.4 is 4.74 Å². The van der Waals surface area contributed by atoms with Gasteiger partial charge >= 0.3 is 0 Å². The van der Waals surface area contributed by atoms with Gasteiger partial charge in [0.05, 0.1) is 18.6 Å². The van der Waals surface area contributed by atoms with E-state index in [2.05, 4.69) is 0 Å². The van der Waals surface area contributed by atoms with Crippen LogP contribution in [0.2, 0.25) is 0 Å². The number of Topliss-reactive ketones (excluding diaryl/α,β-unsaturated/α-hetero) is 1. The van der Waals surface area contributed by atoms with Crippen molar-refractivity contribution in [3.63, 3.8) is 0 Å². The fourth-order valence-electron chi connectivity index (χ4n) is 1.02. The van der Waals surface area contributed by atoms with Gasteiger partial charge in [0.15, 0.2) is 17.3 Å².